The second-order valence-corrected chi connectivity index (χ2v) is 9.61. The van der Waals surface area contributed by atoms with E-state index < -0.39 is 12.1 Å². The van der Waals surface area contributed by atoms with Gasteiger partial charge in [0.2, 0.25) is 0 Å². The fourth-order valence-electron chi connectivity index (χ4n) is 4.99. The van der Waals surface area contributed by atoms with E-state index in [1.165, 1.54) is 7.11 Å². The van der Waals surface area contributed by atoms with E-state index in [1.54, 1.807) is 0 Å². The third-order valence-corrected chi connectivity index (χ3v) is 7.06. The lowest BCUT2D eigenvalue weighted by Crippen LogP contribution is -2.48. The number of methoxy groups -OCH3 is 1. The van der Waals surface area contributed by atoms with E-state index in [-0.39, 0.29) is 36.9 Å². The maximum atomic E-state index is 14.0. The summed E-state index contributed by atoms with van der Waals surface area (Å²) in [6, 6.07) is 26.6. The van der Waals surface area contributed by atoms with Crippen molar-refractivity contribution in [1.29, 1.82) is 0 Å². The normalized spacial score (nSPS) is 18.1. The molecule has 1 amide bonds. The SMILES string of the molecule is COC(=O)N[C@H](C(=O)Cc1ccccc1CC[C@@H]1CN[C@H](CO)CO1)C(c1ccccc1)c1ccccc1. The summed E-state index contributed by atoms with van der Waals surface area (Å²) in [4.78, 5) is 26.4. The number of ketones is 1. The van der Waals surface area contributed by atoms with Gasteiger partial charge >= 0.3 is 6.09 Å². The van der Waals surface area contributed by atoms with Gasteiger partial charge in [-0.15, -0.1) is 0 Å². The molecule has 3 aromatic rings. The Bertz CT molecular complexity index is 1120. The number of morpholine rings is 1. The highest BCUT2D eigenvalue weighted by Crippen LogP contribution is 2.30. The summed E-state index contributed by atoms with van der Waals surface area (Å²) in [5.74, 6) is -0.473. The summed E-state index contributed by atoms with van der Waals surface area (Å²) >= 11 is 0. The van der Waals surface area contributed by atoms with E-state index in [0.717, 1.165) is 35.1 Å². The zero-order valence-electron chi connectivity index (χ0n) is 21.7. The molecule has 1 aliphatic rings. The Hall–Kier alpha value is -3.52. The van der Waals surface area contributed by atoms with Crippen LogP contribution in [0.3, 0.4) is 0 Å². The topological polar surface area (TPSA) is 96.9 Å². The van der Waals surface area contributed by atoms with Gasteiger partial charge in [-0.2, -0.15) is 0 Å². The molecule has 38 heavy (non-hydrogen) atoms. The van der Waals surface area contributed by atoms with Crippen molar-refractivity contribution in [3.8, 4) is 0 Å². The molecule has 1 fully saturated rings. The minimum Gasteiger partial charge on any atom is -0.453 e. The predicted molar refractivity (Wildman–Crippen MR) is 146 cm³/mol. The molecular formula is C31H36N2O5. The van der Waals surface area contributed by atoms with Gasteiger partial charge < -0.3 is 25.2 Å². The number of alkyl carbamates (subject to hydrolysis) is 1. The average Bonchev–Trinajstić information content (AvgIpc) is 2.97. The minimum absolute atomic E-state index is 0.0161. The number of benzene rings is 3. The number of amides is 1. The van der Waals surface area contributed by atoms with Gasteiger partial charge in [0.1, 0.15) is 6.04 Å². The third kappa shape index (κ3) is 7.28. The first-order valence-corrected chi connectivity index (χ1v) is 13.1. The summed E-state index contributed by atoms with van der Waals surface area (Å²) in [5.41, 5.74) is 3.89. The predicted octanol–water partition coefficient (Wildman–Crippen LogP) is 3.64. The molecule has 0 aliphatic carbocycles. The lowest BCUT2D eigenvalue weighted by atomic mass is 9.81. The first-order valence-electron chi connectivity index (χ1n) is 13.1. The molecule has 200 valence electrons. The molecule has 1 heterocycles. The van der Waals surface area contributed by atoms with Gasteiger partial charge in [0.05, 0.1) is 32.5 Å². The number of ether oxygens (including phenoxy) is 2. The highest BCUT2D eigenvalue weighted by molar-refractivity contribution is 5.90. The van der Waals surface area contributed by atoms with Gasteiger partial charge in [-0.05, 0) is 35.1 Å². The first-order chi connectivity index (χ1) is 18.6. The van der Waals surface area contributed by atoms with Gasteiger partial charge in [-0.3, -0.25) is 4.79 Å². The molecule has 0 unspecified atom stereocenters. The number of aryl methyl sites for hydroxylation is 1. The Morgan fingerprint density at radius 1 is 0.974 bits per heavy atom. The Kier molecular flexibility index (Phi) is 10.0. The zero-order valence-corrected chi connectivity index (χ0v) is 21.7. The zero-order chi connectivity index (χ0) is 26.7. The van der Waals surface area contributed by atoms with Crippen LogP contribution in [0, 0.1) is 0 Å². The van der Waals surface area contributed by atoms with Gasteiger partial charge in [-0.25, -0.2) is 4.79 Å². The molecule has 7 heteroatoms. The largest absolute Gasteiger partial charge is 0.453 e. The van der Waals surface area contributed by atoms with Crippen LogP contribution in [0.5, 0.6) is 0 Å². The van der Waals surface area contributed by atoms with Crippen LogP contribution in [0.1, 0.15) is 34.6 Å². The summed E-state index contributed by atoms with van der Waals surface area (Å²) in [6.07, 6.45) is 1.15. The van der Waals surface area contributed by atoms with Gasteiger partial charge in [0.15, 0.2) is 5.78 Å². The Balaban J connectivity index is 1.56. The quantitative estimate of drug-likeness (QED) is 0.360. The second-order valence-electron chi connectivity index (χ2n) is 9.61. The molecular weight excluding hydrogens is 480 g/mol. The van der Waals surface area contributed by atoms with Crippen molar-refractivity contribution in [2.45, 2.75) is 43.4 Å². The Labute approximate surface area is 224 Å². The van der Waals surface area contributed by atoms with Crippen molar-refractivity contribution >= 4 is 11.9 Å². The maximum Gasteiger partial charge on any atom is 0.407 e. The van der Waals surface area contributed by atoms with Crippen LogP contribution in [0.4, 0.5) is 4.79 Å². The number of aliphatic hydroxyl groups is 1. The molecule has 3 aromatic carbocycles. The number of hydrogen-bond donors (Lipinski definition) is 3. The van der Waals surface area contributed by atoms with E-state index in [2.05, 4.69) is 10.6 Å². The molecule has 4 rings (SSSR count). The number of rotatable bonds is 11. The van der Waals surface area contributed by atoms with Gasteiger partial charge in [0, 0.05) is 18.9 Å². The van der Waals surface area contributed by atoms with Crippen LogP contribution in [0.15, 0.2) is 84.9 Å². The number of nitrogens with one attached hydrogen (secondary N) is 2. The number of hydrogen-bond acceptors (Lipinski definition) is 6. The van der Waals surface area contributed by atoms with Gasteiger partial charge in [-0.1, -0.05) is 84.9 Å². The van der Waals surface area contributed by atoms with Crippen LogP contribution in [-0.4, -0.2) is 62.0 Å². The molecule has 7 nitrogen and oxygen atoms in total. The van der Waals surface area contributed by atoms with Crippen molar-refractivity contribution in [1.82, 2.24) is 10.6 Å². The van der Waals surface area contributed by atoms with E-state index in [9.17, 15) is 14.7 Å². The summed E-state index contributed by atoms with van der Waals surface area (Å²) in [6.45, 7) is 1.24. The molecule has 0 bridgehead atoms. The number of aliphatic hydroxyl groups excluding tert-OH is 1. The monoisotopic (exact) mass is 516 g/mol. The van der Waals surface area contributed by atoms with E-state index >= 15 is 0 Å². The lowest BCUT2D eigenvalue weighted by Gasteiger charge is -2.29. The molecule has 1 saturated heterocycles. The van der Waals surface area contributed by atoms with Crippen LogP contribution in [-0.2, 0) is 27.1 Å². The van der Waals surface area contributed by atoms with E-state index in [1.807, 2.05) is 84.9 Å². The Morgan fingerprint density at radius 2 is 1.58 bits per heavy atom. The molecule has 0 aromatic heterocycles. The standard InChI is InChI=1S/C31H36N2O5/c1-37-31(36)33-30(29(23-11-4-2-5-12-23)24-13-6-3-7-14-24)28(35)18-25-15-9-8-10-22(25)16-17-27-19-32-26(20-34)21-38-27/h2-15,26-27,29-30,32,34H,16-21H2,1H3,(H,33,36)/t26-,27-,30-/m1/s1. The van der Waals surface area contributed by atoms with Crippen LogP contribution in [0.25, 0.3) is 0 Å². The molecule has 3 atom stereocenters. The van der Waals surface area contributed by atoms with Crippen LogP contribution >= 0.6 is 0 Å². The summed E-state index contributed by atoms with van der Waals surface area (Å²) < 4.78 is 10.8. The fourth-order valence-corrected chi connectivity index (χ4v) is 4.99. The fraction of sp³-hybridized carbons (Fsp3) is 0.355. The molecule has 0 spiro atoms. The molecule has 3 N–H and O–H groups in total. The van der Waals surface area contributed by atoms with Crippen molar-refractivity contribution in [3.05, 3.63) is 107 Å². The maximum absolute atomic E-state index is 14.0. The molecule has 0 radical (unpaired) electrons. The number of carbonyl (C=O) groups excluding carboxylic acids is 2. The van der Waals surface area contributed by atoms with Crippen LogP contribution < -0.4 is 10.6 Å². The highest BCUT2D eigenvalue weighted by atomic mass is 16.5. The smallest absolute Gasteiger partial charge is 0.407 e. The molecule has 1 aliphatic heterocycles. The van der Waals surface area contributed by atoms with Crippen molar-refractivity contribution in [2.24, 2.45) is 0 Å². The van der Waals surface area contributed by atoms with E-state index in [0.29, 0.717) is 13.2 Å². The average molecular weight is 517 g/mol. The summed E-state index contributed by atoms with van der Waals surface area (Å²) in [7, 11) is 1.30. The first kappa shape index (κ1) is 27.5. The van der Waals surface area contributed by atoms with Gasteiger partial charge in [0.25, 0.3) is 0 Å². The van der Waals surface area contributed by atoms with E-state index in [4.69, 9.17) is 9.47 Å². The van der Waals surface area contributed by atoms with Crippen molar-refractivity contribution in [2.75, 3.05) is 26.9 Å². The van der Waals surface area contributed by atoms with Crippen molar-refractivity contribution in [3.63, 3.8) is 0 Å². The highest BCUT2D eigenvalue weighted by Gasteiger charge is 2.33. The lowest BCUT2D eigenvalue weighted by molar-refractivity contribution is -0.120. The van der Waals surface area contributed by atoms with Crippen LogP contribution in [0.2, 0.25) is 0 Å². The minimum atomic E-state index is -0.818. The summed E-state index contributed by atoms with van der Waals surface area (Å²) in [5, 5.41) is 15.4. The third-order valence-electron chi connectivity index (χ3n) is 7.06. The second kappa shape index (κ2) is 13.9. The van der Waals surface area contributed by atoms with Crippen molar-refractivity contribution < 1.29 is 24.2 Å². The molecule has 0 saturated carbocycles. The Morgan fingerprint density at radius 3 is 2.13 bits per heavy atom. The number of Topliss-reactive ketones (excluding diaryl/α,β-unsaturated/α-hetero) is 1. The number of carbonyl (C=O) groups is 2.